The number of rotatable bonds is 6. The van der Waals surface area contributed by atoms with Crippen LogP contribution in [0, 0.1) is 0 Å². The first-order valence-corrected chi connectivity index (χ1v) is 9.88. The summed E-state index contributed by atoms with van der Waals surface area (Å²) in [7, 11) is 0. The van der Waals surface area contributed by atoms with Crippen molar-refractivity contribution in [2.45, 2.75) is 19.1 Å². The third-order valence-corrected chi connectivity index (χ3v) is 5.39. The van der Waals surface area contributed by atoms with Crippen LogP contribution < -0.4 is 0 Å². The summed E-state index contributed by atoms with van der Waals surface area (Å²) in [6.45, 7) is 0.503. The minimum atomic E-state index is -0.390. The maximum Gasteiger partial charge on any atom is 0.165 e. The second kappa shape index (κ2) is 9.26. The van der Waals surface area contributed by atoms with Crippen LogP contribution in [0.1, 0.15) is 17.2 Å². The zero-order valence-corrected chi connectivity index (χ0v) is 17.8. The summed E-state index contributed by atoms with van der Waals surface area (Å²) in [5, 5.41) is 2.48. The fraction of sp³-hybridized carbons (Fsp3) is 0.158. The SMILES string of the molecule is S=C(Cc1ccc(Cl)c(Cl)c1)OC(Cn1ccnc1)c1ccc(Cl)cc1Cl. The Bertz CT molecular complexity index is 947. The molecule has 0 aliphatic heterocycles. The van der Waals surface area contributed by atoms with E-state index in [1.54, 1.807) is 36.8 Å². The lowest BCUT2D eigenvalue weighted by Crippen LogP contribution is -2.17. The van der Waals surface area contributed by atoms with Crippen molar-refractivity contribution in [3.8, 4) is 0 Å². The predicted molar refractivity (Wildman–Crippen MR) is 115 cm³/mol. The number of hydrogen-bond acceptors (Lipinski definition) is 3. The fourth-order valence-electron chi connectivity index (χ4n) is 2.56. The molecule has 0 aliphatic rings. The molecule has 0 radical (unpaired) electrons. The summed E-state index contributed by atoms with van der Waals surface area (Å²) < 4.78 is 7.98. The number of halogens is 4. The quantitative estimate of drug-likeness (QED) is 0.378. The Morgan fingerprint density at radius 3 is 2.52 bits per heavy atom. The first-order chi connectivity index (χ1) is 12.9. The van der Waals surface area contributed by atoms with Crippen molar-refractivity contribution in [3.63, 3.8) is 0 Å². The van der Waals surface area contributed by atoms with Gasteiger partial charge in [-0.1, -0.05) is 58.5 Å². The van der Waals surface area contributed by atoms with Gasteiger partial charge in [-0.15, -0.1) is 0 Å². The van der Waals surface area contributed by atoms with Crippen molar-refractivity contribution in [2.75, 3.05) is 0 Å². The summed E-state index contributed by atoms with van der Waals surface area (Å²) in [5.41, 5.74) is 1.71. The third kappa shape index (κ3) is 5.59. The minimum Gasteiger partial charge on any atom is -0.477 e. The zero-order valence-electron chi connectivity index (χ0n) is 13.9. The monoisotopic (exact) mass is 458 g/mol. The van der Waals surface area contributed by atoms with Gasteiger partial charge < -0.3 is 9.30 Å². The van der Waals surface area contributed by atoms with Gasteiger partial charge in [0.05, 0.1) is 22.9 Å². The maximum atomic E-state index is 6.38. The Kier molecular flexibility index (Phi) is 7.01. The molecule has 0 N–H and O–H groups in total. The van der Waals surface area contributed by atoms with Gasteiger partial charge in [0, 0.05) is 34.4 Å². The summed E-state index contributed by atoms with van der Waals surface area (Å²) in [4.78, 5) is 4.06. The van der Waals surface area contributed by atoms with Gasteiger partial charge in [-0.05, 0) is 42.0 Å². The molecule has 8 heteroatoms. The molecular formula is C19H14Cl4N2OS. The average molecular weight is 460 g/mol. The highest BCUT2D eigenvalue weighted by Crippen LogP contribution is 2.30. The average Bonchev–Trinajstić information content (AvgIpc) is 3.11. The standard InChI is InChI=1S/C19H14Cl4N2OS/c20-13-2-3-14(16(22)9-13)18(10-25-6-5-24-11-25)26-19(27)8-12-1-4-15(21)17(23)7-12/h1-7,9,11,18H,8,10H2. The van der Waals surface area contributed by atoms with Gasteiger partial charge in [0.15, 0.2) is 5.05 Å². The van der Waals surface area contributed by atoms with Crippen LogP contribution in [0.15, 0.2) is 55.1 Å². The number of aromatic nitrogens is 2. The first kappa shape index (κ1) is 20.4. The molecule has 3 aromatic rings. The molecule has 0 amide bonds. The molecule has 2 aromatic carbocycles. The molecule has 0 saturated carbocycles. The lowest BCUT2D eigenvalue weighted by atomic mass is 10.1. The minimum absolute atomic E-state index is 0.390. The van der Waals surface area contributed by atoms with Gasteiger partial charge in [-0.3, -0.25) is 0 Å². The number of ether oxygens (including phenoxy) is 1. The molecule has 1 heterocycles. The van der Waals surface area contributed by atoms with Gasteiger partial charge in [0.1, 0.15) is 6.10 Å². The molecule has 3 rings (SSSR count). The molecule has 3 nitrogen and oxygen atoms in total. The molecule has 1 unspecified atom stereocenters. The van der Waals surface area contributed by atoms with Crippen molar-refractivity contribution >= 4 is 63.7 Å². The van der Waals surface area contributed by atoms with Crippen molar-refractivity contribution in [1.82, 2.24) is 9.55 Å². The van der Waals surface area contributed by atoms with Gasteiger partial charge in [-0.2, -0.15) is 0 Å². The number of thiocarbonyl (C=S) groups is 1. The van der Waals surface area contributed by atoms with E-state index in [1.807, 2.05) is 22.9 Å². The molecule has 0 aliphatic carbocycles. The van der Waals surface area contributed by atoms with E-state index in [4.69, 9.17) is 63.4 Å². The molecule has 0 saturated heterocycles. The van der Waals surface area contributed by atoms with Crippen LogP contribution in [-0.4, -0.2) is 14.6 Å². The third-order valence-electron chi connectivity index (χ3n) is 3.85. The van der Waals surface area contributed by atoms with Crippen LogP contribution in [0.2, 0.25) is 20.1 Å². The van der Waals surface area contributed by atoms with E-state index in [-0.39, 0.29) is 6.10 Å². The molecule has 0 fully saturated rings. The van der Waals surface area contributed by atoms with E-state index in [9.17, 15) is 0 Å². The van der Waals surface area contributed by atoms with Crippen LogP contribution >= 0.6 is 58.6 Å². The zero-order chi connectivity index (χ0) is 19.4. The van der Waals surface area contributed by atoms with Crippen molar-refractivity contribution in [3.05, 3.63) is 86.3 Å². The molecule has 1 atom stereocenters. The van der Waals surface area contributed by atoms with Crippen molar-refractivity contribution in [1.29, 1.82) is 0 Å². The Balaban J connectivity index is 1.79. The van der Waals surface area contributed by atoms with E-state index in [0.717, 1.165) is 11.1 Å². The molecular weight excluding hydrogens is 446 g/mol. The van der Waals surface area contributed by atoms with Crippen molar-refractivity contribution in [2.24, 2.45) is 0 Å². The van der Waals surface area contributed by atoms with Gasteiger partial charge >= 0.3 is 0 Å². The number of nitrogens with zero attached hydrogens (tertiary/aromatic N) is 2. The summed E-state index contributed by atoms with van der Waals surface area (Å²) in [6.07, 6.45) is 5.30. The van der Waals surface area contributed by atoms with Crippen LogP contribution in [0.4, 0.5) is 0 Å². The summed E-state index contributed by atoms with van der Waals surface area (Å²) >= 11 is 29.9. The van der Waals surface area contributed by atoms with E-state index in [1.165, 1.54) is 0 Å². The van der Waals surface area contributed by atoms with Gasteiger partial charge in [0.25, 0.3) is 0 Å². The summed E-state index contributed by atoms with van der Waals surface area (Å²) in [5.74, 6) is 0. The smallest absolute Gasteiger partial charge is 0.165 e. The van der Waals surface area contributed by atoms with E-state index < -0.39 is 0 Å². The second-order valence-electron chi connectivity index (χ2n) is 5.83. The normalized spacial score (nSPS) is 12.0. The highest BCUT2D eigenvalue weighted by molar-refractivity contribution is 7.80. The number of hydrogen-bond donors (Lipinski definition) is 0. The lowest BCUT2D eigenvalue weighted by Gasteiger charge is -2.22. The molecule has 0 bridgehead atoms. The Morgan fingerprint density at radius 2 is 1.85 bits per heavy atom. The van der Waals surface area contributed by atoms with Gasteiger partial charge in [-0.25, -0.2) is 4.98 Å². The molecule has 1 aromatic heterocycles. The van der Waals surface area contributed by atoms with E-state index in [2.05, 4.69) is 4.98 Å². The molecule has 27 heavy (non-hydrogen) atoms. The van der Waals surface area contributed by atoms with Gasteiger partial charge in [0.2, 0.25) is 0 Å². The fourth-order valence-corrected chi connectivity index (χ4v) is 3.70. The Labute approximate surface area is 182 Å². The summed E-state index contributed by atoms with van der Waals surface area (Å²) in [6, 6.07) is 10.7. The molecule has 140 valence electrons. The number of benzene rings is 2. The first-order valence-electron chi connectivity index (χ1n) is 7.96. The maximum absolute atomic E-state index is 6.38. The van der Waals surface area contributed by atoms with Crippen LogP contribution in [0.3, 0.4) is 0 Å². The Morgan fingerprint density at radius 1 is 1.04 bits per heavy atom. The van der Waals surface area contributed by atoms with E-state index >= 15 is 0 Å². The predicted octanol–water partition coefficient (Wildman–Crippen LogP) is 6.82. The highest BCUT2D eigenvalue weighted by atomic mass is 35.5. The largest absolute Gasteiger partial charge is 0.477 e. The Hall–Kier alpha value is -1.30. The topological polar surface area (TPSA) is 27.1 Å². The number of imidazole rings is 1. The van der Waals surface area contributed by atoms with E-state index in [0.29, 0.717) is 38.1 Å². The van der Waals surface area contributed by atoms with Crippen molar-refractivity contribution < 1.29 is 4.74 Å². The van der Waals surface area contributed by atoms with Crippen LogP contribution in [-0.2, 0) is 17.7 Å². The lowest BCUT2D eigenvalue weighted by molar-refractivity contribution is 0.172. The van der Waals surface area contributed by atoms with Crippen LogP contribution in [0.5, 0.6) is 0 Å². The second-order valence-corrected chi connectivity index (χ2v) is 7.94. The van der Waals surface area contributed by atoms with Crippen LogP contribution in [0.25, 0.3) is 0 Å². The molecule has 0 spiro atoms. The highest BCUT2D eigenvalue weighted by Gasteiger charge is 2.19.